The van der Waals surface area contributed by atoms with Crippen LogP contribution in [0.15, 0.2) is 34.5 Å². The summed E-state index contributed by atoms with van der Waals surface area (Å²) in [6.45, 7) is 0. The minimum absolute atomic E-state index is 0.0318. The predicted octanol–water partition coefficient (Wildman–Crippen LogP) is 4.69. The van der Waals surface area contributed by atoms with Crippen molar-refractivity contribution in [2.45, 2.75) is 0 Å². The average Bonchev–Trinajstić information content (AvgIpc) is 2.38. The van der Waals surface area contributed by atoms with Crippen LogP contribution in [0.3, 0.4) is 0 Å². The Bertz CT molecular complexity index is 476. The van der Waals surface area contributed by atoms with E-state index in [4.69, 9.17) is 46.4 Å². The van der Waals surface area contributed by atoms with Gasteiger partial charge in [0.05, 0.1) is 21.6 Å². The fraction of sp³-hybridized carbons (Fsp3) is 0.182. The van der Waals surface area contributed by atoms with Crippen LogP contribution in [0.1, 0.15) is 0 Å². The third-order valence-corrected chi connectivity index (χ3v) is 3.68. The number of urea groups is 1. The van der Waals surface area contributed by atoms with Crippen molar-refractivity contribution in [2.75, 3.05) is 18.2 Å². The molecule has 0 spiro atoms. The molecule has 3 nitrogen and oxygen atoms in total. The van der Waals surface area contributed by atoms with Gasteiger partial charge in [-0.05, 0) is 12.1 Å². The molecule has 0 aliphatic rings. The van der Waals surface area contributed by atoms with Crippen LogP contribution in [0.25, 0.3) is 0 Å². The number of nitrogens with one attached hydrogen (secondary N) is 1. The lowest BCUT2D eigenvalue weighted by Crippen LogP contribution is -2.29. The van der Waals surface area contributed by atoms with Gasteiger partial charge in [0.25, 0.3) is 0 Å². The first kappa shape index (κ1) is 15.4. The second-order valence-electron chi connectivity index (χ2n) is 3.30. The van der Waals surface area contributed by atoms with E-state index in [9.17, 15) is 4.79 Å². The maximum atomic E-state index is 11.9. The fourth-order valence-corrected chi connectivity index (χ4v) is 1.74. The number of rotatable bonds is 3. The van der Waals surface area contributed by atoms with Gasteiger partial charge in [0.2, 0.25) is 0 Å². The molecule has 0 aliphatic heterocycles. The Balaban J connectivity index is 2.81. The van der Waals surface area contributed by atoms with Gasteiger partial charge in [-0.25, -0.2) is 4.79 Å². The highest BCUT2D eigenvalue weighted by Crippen LogP contribution is 2.23. The number of carbonyl (C=O) groups excluding carboxylic acids is 1. The van der Waals surface area contributed by atoms with Crippen molar-refractivity contribution >= 4 is 58.1 Å². The molecule has 0 fully saturated rings. The van der Waals surface area contributed by atoms with E-state index in [1.807, 2.05) is 0 Å². The first-order valence-corrected chi connectivity index (χ1v) is 6.53. The number of amides is 2. The molecule has 0 radical (unpaired) electrons. The van der Waals surface area contributed by atoms with Crippen LogP contribution < -0.4 is 5.32 Å². The van der Waals surface area contributed by atoms with Crippen LogP contribution in [0.4, 0.5) is 10.5 Å². The quantitative estimate of drug-likeness (QED) is 0.634. The zero-order valence-electron chi connectivity index (χ0n) is 9.38. The highest BCUT2D eigenvalue weighted by Gasteiger charge is 2.15. The molecule has 7 heteroatoms. The van der Waals surface area contributed by atoms with E-state index in [1.165, 1.54) is 7.05 Å². The molecule has 0 atom stereocenters. The molecule has 1 rings (SSSR count). The van der Waals surface area contributed by atoms with Gasteiger partial charge in [-0.3, -0.25) is 4.90 Å². The van der Waals surface area contributed by atoms with Crippen LogP contribution in [0.2, 0.25) is 5.02 Å². The van der Waals surface area contributed by atoms with Gasteiger partial charge in [0.15, 0.2) is 0 Å². The lowest BCUT2D eigenvalue weighted by molar-refractivity contribution is 0.234. The number of anilines is 1. The number of hydrogen-bond donors (Lipinski definition) is 1. The predicted molar refractivity (Wildman–Crippen MR) is 77.7 cm³/mol. The van der Waals surface area contributed by atoms with Crippen molar-refractivity contribution in [3.05, 3.63) is 39.5 Å². The van der Waals surface area contributed by atoms with Crippen LogP contribution in [0.5, 0.6) is 0 Å². The minimum Gasteiger partial charge on any atom is -0.306 e. The summed E-state index contributed by atoms with van der Waals surface area (Å²) in [4.78, 5) is 13.0. The normalized spacial score (nSPS) is 11.8. The molecular weight excluding hydrogens is 318 g/mol. The Morgan fingerprint density at radius 3 is 2.50 bits per heavy atom. The number of carbonyl (C=O) groups is 1. The third-order valence-electron chi connectivity index (χ3n) is 2.06. The van der Waals surface area contributed by atoms with Gasteiger partial charge >= 0.3 is 6.03 Å². The lowest BCUT2D eigenvalue weighted by Gasteiger charge is -2.18. The molecule has 1 aromatic rings. The molecule has 18 heavy (non-hydrogen) atoms. The standard InChI is InChI=1S/C11H10Cl4N2O/c1-17(10(15)8(14)6-12)11(18)16-9-5-3-2-4-7(9)13/h2-5H,6H2,1H3,(H,16,18)/b10-8+. The molecule has 1 aromatic carbocycles. The van der Waals surface area contributed by atoms with Crippen molar-refractivity contribution in [2.24, 2.45) is 0 Å². The summed E-state index contributed by atoms with van der Waals surface area (Å²) in [6.07, 6.45) is 0. The third kappa shape index (κ3) is 3.95. The first-order valence-electron chi connectivity index (χ1n) is 4.86. The maximum Gasteiger partial charge on any atom is 0.326 e. The molecule has 98 valence electrons. The molecule has 1 N–H and O–H groups in total. The number of halogens is 4. The van der Waals surface area contributed by atoms with Gasteiger partial charge in [-0.15, -0.1) is 11.6 Å². The van der Waals surface area contributed by atoms with Gasteiger partial charge in [0.1, 0.15) is 5.16 Å². The zero-order valence-corrected chi connectivity index (χ0v) is 12.4. The number of alkyl halides is 1. The van der Waals surface area contributed by atoms with E-state index in [0.717, 1.165) is 4.90 Å². The van der Waals surface area contributed by atoms with E-state index in [2.05, 4.69) is 5.32 Å². The Hall–Kier alpha value is -0.610. The number of allylic oxidation sites excluding steroid dienone is 1. The maximum absolute atomic E-state index is 11.9. The number of nitrogens with zero attached hydrogens (tertiary/aromatic N) is 1. The van der Waals surface area contributed by atoms with Crippen molar-refractivity contribution < 1.29 is 4.79 Å². The molecule has 0 aliphatic carbocycles. The Labute approximate surface area is 125 Å². The topological polar surface area (TPSA) is 32.3 Å². The van der Waals surface area contributed by atoms with Gasteiger partial charge < -0.3 is 5.32 Å². The second-order valence-corrected chi connectivity index (χ2v) is 4.79. The van der Waals surface area contributed by atoms with Crippen LogP contribution in [-0.2, 0) is 0 Å². The fourth-order valence-electron chi connectivity index (χ4n) is 1.09. The Morgan fingerprint density at radius 2 is 1.94 bits per heavy atom. The van der Waals surface area contributed by atoms with Crippen LogP contribution in [0, 0.1) is 0 Å². The van der Waals surface area contributed by atoms with Crippen LogP contribution >= 0.6 is 46.4 Å². The first-order chi connectivity index (χ1) is 8.47. The Morgan fingerprint density at radius 1 is 1.33 bits per heavy atom. The van der Waals surface area contributed by atoms with E-state index in [-0.39, 0.29) is 16.1 Å². The van der Waals surface area contributed by atoms with Gasteiger partial charge in [0, 0.05) is 7.05 Å². The van der Waals surface area contributed by atoms with Gasteiger partial charge in [-0.2, -0.15) is 0 Å². The number of hydrogen-bond acceptors (Lipinski definition) is 1. The molecule has 0 bridgehead atoms. The van der Waals surface area contributed by atoms with Crippen molar-refractivity contribution in [3.8, 4) is 0 Å². The molecule has 0 saturated carbocycles. The molecule has 2 amide bonds. The summed E-state index contributed by atoms with van der Waals surface area (Å²) in [7, 11) is 1.48. The summed E-state index contributed by atoms with van der Waals surface area (Å²) in [5.41, 5.74) is 0.488. The Kier molecular flexibility index (Phi) is 6.09. The van der Waals surface area contributed by atoms with Crippen molar-refractivity contribution in [3.63, 3.8) is 0 Å². The van der Waals surface area contributed by atoms with Crippen LogP contribution in [-0.4, -0.2) is 23.9 Å². The van der Waals surface area contributed by atoms with Gasteiger partial charge in [-0.1, -0.05) is 46.9 Å². The molecule has 0 heterocycles. The molecule has 0 aromatic heterocycles. The monoisotopic (exact) mass is 326 g/mol. The zero-order chi connectivity index (χ0) is 13.7. The summed E-state index contributed by atoms with van der Waals surface area (Å²) >= 11 is 23.1. The van der Waals surface area contributed by atoms with Crippen molar-refractivity contribution in [1.29, 1.82) is 0 Å². The summed E-state index contributed by atoms with van der Waals surface area (Å²) in [6, 6.07) is 6.40. The van der Waals surface area contributed by atoms with E-state index in [0.29, 0.717) is 10.7 Å². The SMILES string of the molecule is CN(C(=O)Nc1ccccc1Cl)/C(Cl)=C(/Cl)CCl. The van der Waals surface area contributed by atoms with E-state index >= 15 is 0 Å². The lowest BCUT2D eigenvalue weighted by atomic mass is 10.3. The van der Waals surface area contributed by atoms with Crippen molar-refractivity contribution in [1.82, 2.24) is 4.90 Å². The minimum atomic E-state index is -0.462. The molecular formula is C11H10Cl4N2O. The van der Waals surface area contributed by atoms with E-state index < -0.39 is 6.03 Å². The molecule has 0 saturated heterocycles. The highest BCUT2D eigenvalue weighted by molar-refractivity contribution is 6.42. The number of para-hydroxylation sites is 1. The van der Waals surface area contributed by atoms with E-state index in [1.54, 1.807) is 24.3 Å². The summed E-state index contributed by atoms with van der Waals surface area (Å²) < 4.78 is 0. The second kappa shape index (κ2) is 7.10. The summed E-state index contributed by atoms with van der Waals surface area (Å²) in [5, 5.41) is 3.29. The summed E-state index contributed by atoms with van der Waals surface area (Å²) in [5.74, 6) is 0.0318. The largest absolute Gasteiger partial charge is 0.326 e. The average molecular weight is 328 g/mol. The molecule has 0 unspecified atom stereocenters. The smallest absolute Gasteiger partial charge is 0.306 e. The highest BCUT2D eigenvalue weighted by atomic mass is 35.5. The number of benzene rings is 1.